The van der Waals surface area contributed by atoms with E-state index in [4.69, 9.17) is 4.42 Å². The topological polar surface area (TPSA) is 57.0 Å². The summed E-state index contributed by atoms with van der Waals surface area (Å²) in [5.74, 6) is 1.44. The van der Waals surface area contributed by atoms with Gasteiger partial charge in [0.25, 0.3) is 5.91 Å². The molecule has 0 unspecified atom stereocenters. The molecule has 1 aromatic carbocycles. The summed E-state index contributed by atoms with van der Waals surface area (Å²) >= 11 is 0. The van der Waals surface area contributed by atoms with Gasteiger partial charge in [-0.15, -0.1) is 0 Å². The van der Waals surface area contributed by atoms with E-state index in [1.165, 1.54) is 12.8 Å². The van der Waals surface area contributed by atoms with Crippen LogP contribution in [0.3, 0.4) is 0 Å². The molecule has 1 aliphatic heterocycles. The molecule has 1 aromatic heterocycles. The zero-order valence-corrected chi connectivity index (χ0v) is 18.6. The van der Waals surface area contributed by atoms with Crippen LogP contribution in [0.2, 0.25) is 0 Å². The summed E-state index contributed by atoms with van der Waals surface area (Å²) in [6.45, 7) is 5.30. The molecule has 2 heterocycles. The van der Waals surface area contributed by atoms with Gasteiger partial charge in [-0.25, -0.2) is 0 Å². The van der Waals surface area contributed by atoms with Crippen LogP contribution in [0.25, 0.3) is 0 Å². The number of carbonyl (C=O) groups is 2. The molecule has 1 aliphatic carbocycles. The summed E-state index contributed by atoms with van der Waals surface area (Å²) in [6, 6.07) is 11.4. The Balaban J connectivity index is 1.41. The maximum absolute atomic E-state index is 13.5. The molecule has 166 valence electrons. The third-order valence-corrected chi connectivity index (χ3v) is 6.74. The van der Waals surface area contributed by atoms with Crippen LogP contribution in [0.5, 0.6) is 0 Å². The Bertz CT molecular complexity index is 864. The lowest BCUT2D eigenvalue weighted by Gasteiger charge is -2.42. The van der Waals surface area contributed by atoms with Crippen molar-refractivity contribution >= 4 is 11.8 Å². The van der Waals surface area contributed by atoms with E-state index in [1.807, 2.05) is 55.3 Å². The van der Waals surface area contributed by atoms with E-state index in [2.05, 4.69) is 4.90 Å². The van der Waals surface area contributed by atoms with Crippen molar-refractivity contribution in [1.29, 1.82) is 0 Å². The third kappa shape index (κ3) is 5.01. The first-order valence-corrected chi connectivity index (χ1v) is 11.4. The van der Waals surface area contributed by atoms with Gasteiger partial charge in [0.15, 0.2) is 0 Å². The number of nitrogens with zero attached hydrogens (tertiary/aromatic N) is 3. The van der Waals surface area contributed by atoms with Crippen LogP contribution in [0, 0.1) is 12.8 Å². The Morgan fingerprint density at radius 1 is 1.06 bits per heavy atom. The molecular weight excluding hydrogens is 390 g/mol. The van der Waals surface area contributed by atoms with Crippen LogP contribution in [0.1, 0.15) is 47.4 Å². The van der Waals surface area contributed by atoms with Crippen LogP contribution in [-0.4, -0.2) is 65.8 Å². The number of hydrogen-bond acceptors (Lipinski definition) is 4. The highest BCUT2D eigenvalue weighted by atomic mass is 16.3. The Labute approximate surface area is 184 Å². The lowest BCUT2D eigenvalue weighted by molar-refractivity contribution is -0.139. The molecule has 0 N–H and O–H groups in total. The van der Waals surface area contributed by atoms with Gasteiger partial charge in [0.05, 0.1) is 18.8 Å². The van der Waals surface area contributed by atoms with Gasteiger partial charge >= 0.3 is 0 Å². The standard InChI is InChI=1S/C25H33N3O3/c1-19-9-11-21(12-10-19)24(29)28-15-13-27(14-16-28)23(20-6-3-4-7-20)25(30)26(2)18-22-8-5-17-31-22/h5,8-12,17,20,23H,3-4,6-7,13-16,18H2,1-2H3/t23-/m0/s1. The molecule has 2 aromatic rings. The van der Waals surface area contributed by atoms with E-state index in [1.54, 1.807) is 11.2 Å². The number of carbonyl (C=O) groups excluding carboxylic acids is 2. The van der Waals surface area contributed by atoms with E-state index >= 15 is 0 Å². The number of rotatable bonds is 6. The largest absolute Gasteiger partial charge is 0.467 e. The first-order chi connectivity index (χ1) is 15.0. The SMILES string of the molecule is Cc1ccc(C(=O)N2CCN([C@H](C(=O)N(C)Cc3ccco3)C3CCCC3)CC2)cc1. The molecule has 0 radical (unpaired) electrons. The van der Waals surface area contributed by atoms with Crippen LogP contribution in [0.15, 0.2) is 47.1 Å². The quantitative estimate of drug-likeness (QED) is 0.713. The maximum Gasteiger partial charge on any atom is 0.253 e. The lowest BCUT2D eigenvalue weighted by atomic mass is 9.94. The van der Waals surface area contributed by atoms with Gasteiger partial charge in [-0.05, 0) is 49.9 Å². The molecule has 0 bridgehead atoms. The van der Waals surface area contributed by atoms with Crippen molar-refractivity contribution in [3.05, 3.63) is 59.5 Å². The number of aryl methyl sites for hydroxylation is 1. The van der Waals surface area contributed by atoms with E-state index in [0.717, 1.165) is 42.8 Å². The van der Waals surface area contributed by atoms with Gasteiger partial charge < -0.3 is 14.2 Å². The molecule has 1 atom stereocenters. The average Bonchev–Trinajstić information content (AvgIpc) is 3.49. The molecule has 6 heteroatoms. The second-order valence-corrected chi connectivity index (χ2v) is 8.96. The Hall–Kier alpha value is -2.60. The number of furan rings is 1. The minimum absolute atomic E-state index is 0.0818. The smallest absolute Gasteiger partial charge is 0.253 e. The van der Waals surface area contributed by atoms with E-state index in [-0.39, 0.29) is 17.9 Å². The molecular formula is C25H33N3O3. The van der Waals surface area contributed by atoms with Crippen molar-refractivity contribution in [3.63, 3.8) is 0 Å². The molecule has 0 spiro atoms. The van der Waals surface area contributed by atoms with Crippen molar-refractivity contribution in [2.75, 3.05) is 33.2 Å². The number of piperazine rings is 1. The van der Waals surface area contributed by atoms with E-state index in [9.17, 15) is 9.59 Å². The number of amides is 2. The van der Waals surface area contributed by atoms with Crippen molar-refractivity contribution in [2.24, 2.45) is 5.92 Å². The molecule has 2 amide bonds. The summed E-state index contributed by atoms with van der Waals surface area (Å²) in [5.41, 5.74) is 1.89. The molecule has 1 saturated heterocycles. The van der Waals surface area contributed by atoms with Gasteiger partial charge in [0, 0.05) is 38.8 Å². The summed E-state index contributed by atoms with van der Waals surface area (Å²) in [4.78, 5) is 32.4. The highest BCUT2D eigenvalue weighted by Gasteiger charge is 2.38. The maximum atomic E-state index is 13.5. The molecule has 1 saturated carbocycles. The van der Waals surface area contributed by atoms with Gasteiger partial charge in [-0.2, -0.15) is 0 Å². The van der Waals surface area contributed by atoms with Crippen molar-refractivity contribution < 1.29 is 14.0 Å². The Kier molecular flexibility index (Phi) is 6.76. The minimum Gasteiger partial charge on any atom is -0.467 e. The molecule has 4 rings (SSSR count). The van der Waals surface area contributed by atoms with Gasteiger partial charge in [0.2, 0.25) is 5.91 Å². The normalized spacial score (nSPS) is 18.8. The summed E-state index contributed by atoms with van der Waals surface area (Å²) < 4.78 is 5.44. The predicted octanol–water partition coefficient (Wildman–Crippen LogP) is 3.56. The number of hydrogen-bond donors (Lipinski definition) is 0. The Morgan fingerprint density at radius 2 is 1.74 bits per heavy atom. The van der Waals surface area contributed by atoms with Gasteiger partial charge in [-0.1, -0.05) is 30.5 Å². The molecule has 31 heavy (non-hydrogen) atoms. The van der Waals surface area contributed by atoms with Crippen LogP contribution in [0.4, 0.5) is 0 Å². The first kappa shape index (κ1) is 21.6. The van der Waals surface area contributed by atoms with Gasteiger partial charge in [0.1, 0.15) is 5.76 Å². The Morgan fingerprint density at radius 3 is 2.35 bits per heavy atom. The summed E-state index contributed by atoms with van der Waals surface area (Å²) in [5, 5.41) is 0. The molecule has 6 nitrogen and oxygen atoms in total. The summed E-state index contributed by atoms with van der Waals surface area (Å²) in [7, 11) is 1.87. The average molecular weight is 424 g/mol. The molecule has 2 fully saturated rings. The fourth-order valence-corrected chi connectivity index (χ4v) is 4.95. The first-order valence-electron chi connectivity index (χ1n) is 11.4. The van der Waals surface area contributed by atoms with Crippen LogP contribution in [-0.2, 0) is 11.3 Å². The fraction of sp³-hybridized carbons (Fsp3) is 0.520. The third-order valence-electron chi connectivity index (χ3n) is 6.74. The van der Waals surface area contributed by atoms with Crippen molar-refractivity contribution in [1.82, 2.24) is 14.7 Å². The summed E-state index contributed by atoms with van der Waals surface area (Å²) in [6.07, 6.45) is 6.25. The van der Waals surface area contributed by atoms with Crippen molar-refractivity contribution in [3.8, 4) is 0 Å². The lowest BCUT2D eigenvalue weighted by Crippen LogP contribution is -2.58. The zero-order chi connectivity index (χ0) is 21.8. The second kappa shape index (κ2) is 9.69. The molecule has 2 aliphatic rings. The van der Waals surface area contributed by atoms with Gasteiger partial charge in [-0.3, -0.25) is 14.5 Å². The fourth-order valence-electron chi connectivity index (χ4n) is 4.95. The number of likely N-dealkylation sites (N-methyl/N-ethyl adjacent to an activating group) is 1. The highest BCUT2D eigenvalue weighted by Crippen LogP contribution is 2.32. The number of benzene rings is 1. The highest BCUT2D eigenvalue weighted by molar-refractivity contribution is 5.94. The van der Waals surface area contributed by atoms with E-state index < -0.39 is 0 Å². The zero-order valence-electron chi connectivity index (χ0n) is 18.6. The van der Waals surface area contributed by atoms with Crippen molar-refractivity contribution in [2.45, 2.75) is 45.2 Å². The predicted molar refractivity (Wildman–Crippen MR) is 120 cm³/mol. The van der Waals surface area contributed by atoms with Crippen LogP contribution >= 0.6 is 0 Å². The van der Waals surface area contributed by atoms with Crippen LogP contribution < -0.4 is 0 Å². The minimum atomic E-state index is -0.112. The monoisotopic (exact) mass is 423 g/mol. The van der Waals surface area contributed by atoms with E-state index in [0.29, 0.717) is 25.6 Å². The second-order valence-electron chi connectivity index (χ2n) is 8.96.